The second-order valence-corrected chi connectivity index (χ2v) is 10.1. The quantitative estimate of drug-likeness (QED) is 0.305. The number of carboxylic acid groups (broad SMARTS) is 1. The maximum atomic E-state index is 13.9. The predicted octanol–water partition coefficient (Wildman–Crippen LogP) is 8.04. The Bertz CT molecular complexity index is 1310. The Morgan fingerprint density at radius 1 is 1.03 bits per heavy atom. The Morgan fingerprint density at radius 3 is 2.36 bits per heavy atom. The van der Waals surface area contributed by atoms with E-state index >= 15 is 0 Å². The highest BCUT2D eigenvalue weighted by atomic mass is 35.5. The Morgan fingerprint density at radius 2 is 1.72 bits per heavy atom. The van der Waals surface area contributed by atoms with Crippen molar-refractivity contribution in [2.75, 3.05) is 5.32 Å². The first-order valence-corrected chi connectivity index (χ1v) is 12.3. The van der Waals surface area contributed by atoms with Crippen molar-refractivity contribution in [2.24, 2.45) is 11.8 Å². The summed E-state index contributed by atoms with van der Waals surface area (Å²) < 4.78 is 41.6. The van der Waals surface area contributed by atoms with Crippen molar-refractivity contribution >= 4 is 51.5 Å². The molecular formula is C27H24Cl2F3NO3. The molecule has 9 heteroatoms. The van der Waals surface area contributed by atoms with Gasteiger partial charge in [0.15, 0.2) is 0 Å². The molecule has 0 aromatic heterocycles. The molecule has 1 amide bonds. The molecule has 3 aromatic rings. The van der Waals surface area contributed by atoms with Crippen LogP contribution in [0.25, 0.3) is 10.8 Å². The van der Waals surface area contributed by atoms with Crippen LogP contribution in [0.2, 0.25) is 10.0 Å². The normalized spacial score (nSPS) is 16.4. The lowest BCUT2D eigenvalue weighted by Gasteiger charge is -2.26. The van der Waals surface area contributed by atoms with Crippen LogP contribution in [-0.2, 0) is 9.59 Å². The monoisotopic (exact) mass is 537 g/mol. The Labute approximate surface area is 216 Å². The predicted molar refractivity (Wildman–Crippen MR) is 135 cm³/mol. The zero-order valence-corrected chi connectivity index (χ0v) is 20.8. The highest BCUT2D eigenvalue weighted by Gasteiger charge is 2.45. The van der Waals surface area contributed by atoms with E-state index in [0.29, 0.717) is 16.0 Å². The average molecular weight is 538 g/mol. The molecule has 4 nitrogen and oxygen atoms in total. The SMILES string of the molecule is C[C@H](C(C(=O)Nc1cc([C@@H](CC(=O)O)C2CC2)ccc1Cl)c1ccc2cccc(Cl)c2c1)C(F)(F)F. The van der Waals surface area contributed by atoms with E-state index in [1.165, 1.54) is 18.2 Å². The van der Waals surface area contributed by atoms with Crippen molar-refractivity contribution in [2.45, 2.75) is 44.2 Å². The molecule has 0 aliphatic heterocycles. The number of hydrogen-bond acceptors (Lipinski definition) is 2. The van der Waals surface area contributed by atoms with Crippen molar-refractivity contribution in [1.29, 1.82) is 0 Å². The molecule has 190 valence electrons. The third-order valence-electron chi connectivity index (χ3n) is 6.77. The summed E-state index contributed by atoms with van der Waals surface area (Å²) in [6.07, 6.45) is -2.91. The number of carboxylic acids is 1. The molecule has 1 fully saturated rings. The lowest BCUT2D eigenvalue weighted by molar-refractivity contribution is -0.178. The van der Waals surface area contributed by atoms with Crippen LogP contribution >= 0.6 is 23.2 Å². The number of amides is 1. The molecule has 0 spiro atoms. The van der Waals surface area contributed by atoms with Gasteiger partial charge in [0.25, 0.3) is 0 Å². The minimum atomic E-state index is -4.64. The summed E-state index contributed by atoms with van der Waals surface area (Å²) in [6.45, 7) is 0.967. The Balaban J connectivity index is 1.70. The molecule has 3 aromatic carbocycles. The van der Waals surface area contributed by atoms with Gasteiger partial charge in [-0.3, -0.25) is 9.59 Å². The number of anilines is 1. The fourth-order valence-corrected chi connectivity index (χ4v) is 5.03. The van der Waals surface area contributed by atoms with E-state index in [-0.39, 0.29) is 34.5 Å². The van der Waals surface area contributed by atoms with Gasteiger partial charge < -0.3 is 10.4 Å². The molecular weight excluding hydrogens is 514 g/mol. The number of rotatable bonds is 8. The Kier molecular flexibility index (Phi) is 7.53. The molecule has 36 heavy (non-hydrogen) atoms. The summed E-state index contributed by atoms with van der Waals surface area (Å²) in [5, 5.41) is 13.7. The van der Waals surface area contributed by atoms with E-state index in [1.54, 1.807) is 36.4 Å². The van der Waals surface area contributed by atoms with Crippen LogP contribution in [0.1, 0.15) is 49.1 Å². The topological polar surface area (TPSA) is 66.4 Å². The number of halogens is 5. The van der Waals surface area contributed by atoms with E-state index in [9.17, 15) is 27.9 Å². The maximum Gasteiger partial charge on any atom is 0.392 e. The smallest absolute Gasteiger partial charge is 0.392 e. The third kappa shape index (κ3) is 5.79. The zero-order chi connectivity index (χ0) is 26.2. The van der Waals surface area contributed by atoms with Crippen LogP contribution in [0.3, 0.4) is 0 Å². The maximum absolute atomic E-state index is 13.9. The third-order valence-corrected chi connectivity index (χ3v) is 7.43. The van der Waals surface area contributed by atoms with E-state index in [0.717, 1.165) is 25.2 Å². The molecule has 0 radical (unpaired) electrons. The number of benzene rings is 3. The second-order valence-electron chi connectivity index (χ2n) is 9.30. The van der Waals surface area contributed by atoms with E-state index < -0.39 is 29.9 Å². The largest absolute Gasteiger partial charge is 0.481 e. The van der Waals surface area contributed by atoms with Gasteiger partial charge in [-0.1, -0.05) is 60.5 Å². The summed E-state index contributed by atoms with van der Waals surface area (Å²) in [7, 11) is 0. The van der Waals surface area contributed by atoms with Gasteiger partial charge in [0.1, 0.15) is 0 Å². The van der Waals surface area contributed by atoms with E-state index in [2.05, 4.69) is 5.32 Å². The number of carbonyl (C=O) groups excluding carboxylic acids is 1. The summed E-state index contributed by atoms with van der Waals surface area (Å²) in [5.41, 5.74) is 0.998. The zero-order valence-electron chi connectivity index (χ0n) is 19.3. The van der Waals surface area contributed by atoms with Gasteiger partial charge in [0, 0.05) is 10.4 Å². The van der Waals surface area contributed by atoms with Crippen molar-refractivity contribution in [3.05, 3.63) is 75.8 Å². The molecule has 2 N–H and O–H groups in total. The Hall–Kier alpha value is -2.77. The van der Waals surface area contributed by atoms with Crippen LogP contribution in [-0.4, -0.2) is 23.2 Å². The minimum Gasteiger partial charge on any atom is -0.481 e. The summed E-state index contributed by atoms with van der Waals surface area (Å²) in [4.78, 5) is 24.7. The number of nitrogens with one attached hydrogen (secondary N) is 1. The number of alkyl halides is 3. The first-order chi connectivity index (χ1) is 17.0. The molecule has 0 bridgehead atoms. The van der Waals surface area contributed by atoms with Crippen molar-refractivity contribution in [3.8, 4) is 0 Å². The first-order valence-electron chi connectivity index (χ1n) is 11.5. The lowest BCUT2D eigenvalue weighted by atomic mass is 9.84. The van der Waals surface area contributed by atoms with E-state index in [4.69, 9.17) is 23.2 Å². The lowest BCUT2D eigenvalue weighted by Crippen LogP contribution is -2.34. The summed E-state index contributed by atoms with van der Waals surface area (Å²) >= 11 is 12.6. The van der Waals surface area contributed by atoms with Crippen LogP contribution in [0.4, 0.5) is 18.9 Å². The highest BCUT2D eigenvalue weighted by molar-refractivity contribution is 6.35. The highest BCUT2D eigenvalue weighted by Crippen LogP contribution is 2.46. The number of aliphatic carboxylic acids is 1. The summed E-state index contributed by atoms with van der Waals surface area (Å²) in [6, 6.07) is 14.6. The van der Waals surface area contributed by atoms with Gasteiger partial charge in [-0.15, -0.1) is 0 Å². The van der Waals surface area contributed by atoms with Gasteiger partial charge in [0.05, 0.1) is 29.0 Å². The number of fused-ring (bicyclic) bond motifs is 1. The molecule has 4 rings (SSSR count). The first kappa shape index (κ1) is 26.3. The molecule has 1 saturated carbocycles. The van der Waals surface area contributed by atoms with Crippen molar-refractivity contribution < 1.29 is 27.9 Å². The molecule has 1 aliphatic carbocycles. The number of carbonyl (C=O) groups is 2. The van der Waals surface area contributed by atoms with Crippen LogP contribution in [0.5, 0.6) is 0 Å². The standard InChI is InChI=1S/C27H24Cl2F3NO3/c1-14(27(30,31)32)25(18-8-7-15-3-2-4-21(28)20(15)11-18)26(36)33-23-12-17(9-10-22(23)29)19(13-24(34)35)16-5-6-16/h2-4,7-12,14,16,19,25H,5-6,13H2,1H3,(H,33,36)(H,34,35)/t14-,19+,25?/m1/s1. The van der Waals surface area contributed by atoms with Crippen LogP contribution in [0.15, 0.2) is 54.6 Å². The molecule has 1 unspecified atom stereocenters. The second kappa shape index (κ2) is 10.3. The van der Waals surface area contributed by atoms with Gasteiger partial charge in [-0.2, -0.15) is 13.2 Å². The molecule has 3 atom stereocenters. The number of hydrogen-bond donors (Lipinski definition) is 2. The van der Waals surface area contributed by atoms with Gasteiger partial charge in [0.2, 0.25) is 5.91 Å². The van der Waals surface area contributed by atoms with E-state index in [1.807, 2.05) is 0 Å². The molecule has 1 aliphatic rings. The van der Waals surface area contributed by atoms with Gasteiger partial charge >= 0.3 is 12.1 Å². The fraction of sp³-hybridized carbons (Fsp3) is 0.333. The van der Waals surface area contributed by atoms with Crippen molar-refractivity contribution in [3.63, 3.8) is 0 Å². The average Bonchev–Trinajstić information content (AvgIpc) is 3.64. The fourth-order valence-electron chi connectivity index (χ4n) is 4.62. The van der Waals surface area contributed by atoms with Gasteiger partial charge in [-0.05, 0) is 65.5 Å². The van der Waals surface area contributed by atoms with Crippen LogP contribution in [0, 0.1) is 11.8 Å². The van der Waals surface area contributed by atoms with Crippen LogP contribution < -0.4 is 5.32 Å². The van der Waals surface area contributed by atoms with Gasteiger partial charge in [-0.25, -0.2) is 0 Å². The summed E-state index contributed by atoms with van der Waals surface area (Å²) in [5.74, 6) is -5.42. The minimum absolute atomic E-state index is 0.0781. The van der Waals surface area contributed by atoms with Crippen molar-refractivity contribution in [1.82, 2.24) is 0 Å². The molecule has 0 heterocycles. The molecule has 0 saturated heterocycles.